The Kier molecular flexibility index (Phi) is 38.0. The van der Waals surface area contributed by atoms with Crippen molar-refractivity contribution >= 4 is 32.0 Å². The molecule has 0 rings (SSSR count). The van der Waals surface area contributed by atoms with Crippen molar-refractivity contribution in [3.63, 3.8) is 0 Å². The van der Waals surface area contributed by atoms with Gasteiger partial charge in [0.25, 0.3) is 6.47 Å². The van der Waals surface area contributed by atoms with Gasteiger partial charge in [-0.05, 0) is 25.0 Å². The summed E-state index contributed by atoms with van der Waals surface area (Å²) in [5.74, 6) is 0.921. The van der Waals surface area contributed by atoms with Gasteiger partial charge in [0.2, 0.25) is 0 Å². The minimum absolute atomic E-state index is 0. The Morgan fingerprint density at radius 3 is 1.84 bits per heavy atom. The molecule has 0 aromatic carbocycles. The van der Waals surface area contributed by atoms with Crippen LogP contribution in [0.4, 0.5) is 0 Å². The molecule has 0 unspecified atom stereocenters. The van der Waals surface area contributed by atoms with Crippen molar-refractivity contribution in [2.45, 2.75) is 129 Å². The van der Waals surface area contributed by atoms with E-state index in [0.717, 1.165) is 63.5 Å². The second-order valence-corrected chi connectivity index (χ2v) is 11.6. The largest absolute Gasteiger partial charge is 1.00 e. The molecule has 8 nitrogen and oxygen atoms in total. The number of phosphoric acid groups is 1. The first-order valence-corrected chi connectivity index (χ1v) is 16.5. The van der Waals surface area contributed by atoms with Gasteiger partial charge in [-0.25, -0.2) is 0 Å². The number of phosphoric ester groups is 1. The van der Waals surface area contributed by atoms with E-state index in [1.54, 1.807) is 11.8 Å². The predicted molar refractivity (Wildman–Crippen MR) is 142 cm³/mol. The number of esters is 1. The molecular formula is C26H49Na2O8PS. The Morgan fingerprint density at radius 1 is 0.816 bits per heavy atom. The number of hydrogen-bond donors (Lipinski definition) is 0. The molecule has 0 N–H and O–H groups in total. The van der Waals surface area contributed by atoms with E-state index in [4.69, 9.17) is 4.74 Å². The Bertz CT molecular complexity index is 569. The number of thioether (sulfide) groups is 1. The first kappa shape index (κ1) is 43.8. The SMILES string of the molecule is CCCCCCCCCCCC(=O)O[C@H](COP(=O)([O-])[O-])CSCCCCCCCCCCOC=O.[Na+].[Na+]. The van der Waals surface area contributed by atoms with Crippen molar-refractivity contribution < 1.29 is 97.1 Å². The normalized spacial score (nSPS) is 11.8. The number of rotatable bonds is 28. The average Bonchev–Trinajstić information content (AvgIpc) is 2.83. The van der Waals surface area contributed by atoms with Crippen LogP contribution in [0.3, 0.4) is 0 Å². The Morgan fingerprint density at radius 2 is 1.32 bits per heavy atom. The van der Waals surface area contributed by atoms with Crippen molar-refractivity contribution in [3.8, 4) is 0 Å². The summed E-state index contributed by atoms with van der Waals surface area (Å²) < 4.78 is 25.3. The third-order valence-electron chi connectivity index (χ3n) is 5.87. The van der Waals surface area contributed by atoms with Crippen molar-refractivity contribution in [2.24, 2.45) is 0 Å². The third-order valence-corrected chi connectivity index (χ3v) is 7.52. The van der Waals surface area contributed by atoms with Crippen LogP contribution in [0, 0.1) is 0 Å². The predicted octanol–water partition coefficient (Wildman–Crippen LogP) is -0.301. The Balaban J connectivity index is -0.00000612. The van der Waals surface area contributed by atoms with Gasteiger partial charge < -0.3 is 28.3 Å². The zero-order valence-corrected chi connectivity index (χ0v) is 30.0. The molecule has 0 spiro atoms. The average molecular weight is 599 g/mol. The molecule has 0 fully saturated rings. The maximum absolute atomic E-state index is 12.2. The molecule has 0 bridgehead atoms. The van der Waals surface area contributed by atoms with Crippen molar-refractivity contribution in [3.05, 3.63) is 0 Å². The van der Waals surface area contributed by atoms with E-state index in [1.165, 1.54) is 51.4 Å². The molecule has 0 radical (unpaired) electrons. The molecule has 0 aliphatic rings. The van der Waals surface area contributed by atoms with Crippen molar-refractivity contribution in [1.29, 1.82) is 0 Å². The fraction of sp³-hybridized carbons (Fsp3) is 0.923. The summed E-state index contributed by atoms with van der Waals surface area (Å²) in [7, 11) is -5.10. The number of carbonyl (C=O) groups is 2. The summed E-state index contributed by atoms with van der Waals surface area (Å²) in [4.78, 5) is 43.9. The van der Waals surface area contributed by atoms with Crippen molar-refractivity contribution in [1.82, 2.24) is 0 Å². The van der Waals surface area contributed by atoms with Crippen LogP contribution in [0.2, 0.25) is 0 Å². The van der Waals surface area contributed by atoms with Gasteiger partial charge in [0.1, 0.15) is 6.10 Å². The van der Waals surface area contributed by atoms with Gasteiger partial charge >= 0.3 is 65.1 Å². The molecule has 0 aliphatic heterocycles. The fourth-order valence-corrected chi connectivity index (χ4v) is 5.18. The molecule has 0 aliphatic carbocycles. The summed E-state index contributed by atoms with van der Waals surface area (Å²) >= 11 is 1.58. The van der Waals surface area contributed by atoms with Gasteiger partial charge in [0.05, 0.1) is 21.0 Å². The summed E-state index contributed by atoms with van der Waals surface area (Å²) in [6, 6.07) is 0. The summed E-state index contributed by atoms with van der Waals surface area (Å²) in [6.07, 6.45) is 18.7. The standard InChI is InChI=1S/C26H51O8PS.2Na/c1-2-3-4-5-6-7-10-13-16-19-26(28)34-25(22-33-35(29,30)31)23-36-21-18-15-12-9-8-11-14-17-20-32-24-27;;/h24-25H,2-23H2,1H3,(H2,29,30,31);;/q;2*+1/p-2/t25-;;/m1../s1. The Labute approximate surface area is 280 Å². The molecule has 38 heavy (non-hydrogen) atoms. The van der Waals surface area contributed by atoms with Gasteiger partial charge in [-0.1, -0.05) is 96.8 Å². The molecule has 0 saturated carbocycles. The maximum atomic E-state index is 12.2. The second kappa shape index (κ2) is 32.9. The minimum Gasteiger partial charge on any atom is -0.790 e. The maximum Gasteiger partial charge on any atom is 1.00 e. The smallest absolute Gasteiger partial charge is 0.790 e. The molecule has 214 valence electrons. The van der Waals surface area contributed by atoms with Crippen LogP contribution < -0.4 is 68.9 Å². The summed E-state index contributed by atoms with van der Waals surface area (Å²) in [5.41, 5.74) is 0. The van der Waals surface area contributed by atoms with E-state index in [9.17, 15) is 23.9 Å². The molecule has 0 aromatic heterocycles. The second-order valence-electron chi connectivity index (χ2n) is 9.30. The molecule has 1 atom stereocenters. The van der Waals surface area contributed by atoms with Crippen molar-refractivity contribution in [2.75, 3.05) is 24.7 Å². The van der Waals surface area contributed by atoms with E-state index < -0.39 is 20.5 Å². The zero-order chi connectivity index (χ0) is 26.7. The van der Waals surface area contributed by atoms with E-state index in [-0.39, 0.29) is 65.1 Å². The third kappa shape index (κ3) is 35.4. The van der Waals surface area contributed by atoms with Gasteiger partial charge in [-0.2, -0.15) is 11.8 Å². The van der Waals surface area contributed by atoms with Crippen LogP contribution in [-0.2, 0) is 28.2 Å². The van der Waals surface area contributed by atoms with E-state index in [1.807, 2.05) is 0 Å². The number of hydrogen-bond acceptors (Lipinski definition) is 9. The quantitative estimate of drug-likeness (QED) is 0.0393. The molecule has 12 heteroatoms. The van der Waals surface area contributed by atoms with Crippen LogP contribution in [0.1, 0.15) is 122 Å². The van der Waals surface area contributed by atoms with E-state index in [0.29, 0.717) is 25.3 Å². The topological polar surface area (TPSA) is 125 Å². The molecule has 0 heterocycles. The minimum atomic E-state index is -5.10. The summed E-state index contributed by atoms with van der Waals surface area (Å²) in [6.45, 7) is 2.78. The fourth-order valence-electron chi connectivity index (χ4n) is 3.83. The van der Waals surface area contributed by atoms with E-state index in [2.05, 4.69) is 16.2 Å². The van der Waals surface area contributed by atoms with Crippen LogP contribution in [0.25, 0.3) is 0 Å². The molecule has 0 saturated heterocycles. The van der Waals surface area contributed by atoms with Gasteiger partial charge in [0, 0.05) is 12.2 Å². The number of carbonyl (C=O) groups excluding carboxylic acids is 2. The van der Waals surface area contributed by atoms with Gasteiger partial charge in [-0.3, -0.25) is 9.59 Å². The summed E-state index contributed by atoms with van der Waals surface area (Å²) in [5, 5.41) is 0. The molecular weight excluding hydrogens is 549 g/mol. The molecule has 0 aromatic rings. The van der Waals surface area contributed by atoms with Gasteiger partial charge in [0.15, 0.2) is 0 Å². The van der Waals surface area contributed by atoms with Gasteiger partial charge in [-0.15, -0.1) is 0 Å². The van der Waals surface area contributed by atoms with Crippen LogP contribution in [0.5, 0.6) is 0 Å². The van der Waals surface area contributed by atoms with Crippen LogP contribution in [0.15, 0.2) is 0 Å². The zero-order valence-electron chi connectivity index (χ0n) is 24.3. The monoisotopic (exact) mass is 598 g/mol. The first-order chi connectivity index (χ1) is 17.4. The van der Waals surface area contributed by atoms with Crippen LogP contribution >= 0.6 is 19.6 Å². The van der Waals surface area contributed by atoms with Crippen LogP contribution in [-0.4, -0.2) is 43.3 Å². The van der Waals surface area contributed by atoms with E-state index >= 15 is 0 Å². The molecule has 0 amide bonds. The Hall–Kier alpha value is 1.40. The first-order valence-electron chi connectivity index (χ1n) is 13.9. The number of unbranched alkanes of at least 4 members (excludes halogenated alkanes) is 15. The number of ether oxygens (including phenoxy) is 2.